The van der Waals surface area contributed by atoms with Crippen LogP contribution in [0, 0.1) is 0 Å². The van der Waals surface area contributed by atoms with Crippen molar-refractivity contribution in [3.63, 3.8) is 0 Å². The van der Waals surface area contributed by atoms with E-state index >= 15 is 0 Å². The van der Waals surface area contributed by atoms with E-state index in [0.29, 0.717) is 35.4 Å². The fourth-order valence-electron chi connectivity index (χ4n) is 3.25. The van der Waals surface area contributed by atoms with Crippen LogP contribution >= 0.6 is 0 Å². The Kier molecular flexibility index (Phi) is 4.76. The van der Waals surface area contributed by atoms with Crippen molar-refractivity contribution in [2.75, 3.05) is 6.54 Å². The number of amides is 1. The number of aromatic amines is 1. The average molecular weight is 373 g/mol. The molecule has 0 atom stereocenters. The Morgan fingerprint density at radius 1 is 1.18 bits per heavy atom. The van der Waals surface area contributed by atoms with E-state index in [4.69, 9.17) is 4.42 Å². The first kappa shape index (κ1) is 17.7. The minimum Gasteiger partial charge on any atom is -0.443 e. The Balaban J connectivity index is 1.48. The number of nitrogens with zero attached hydrogens (tertiary/aromatic N) is 1. The average Bonchev–Trinajstić information content (AvgIpc) is 3.38. The highest BCUT2D eigenvalue weighted by Crippen LogP contribution is 2.23. The van der Waals surface area contributed by atoms with Crippen molar-refractivity contribution < 1.29 is 14.0 Å². The van der Waals surface area contributed by atoms with Crippen LogP contribution in [0.3, 0.4) is 0 Å². The van der Waals surface area contributed by atoms with Crippen LogP contribution in [-0.2, 0) is 6.42 Å². The molecule has 4 aromatic rings. The van der Waals surface area contributed by atoms with E-state index in [-0.39, 0.29) is 11.7 Å². The molecule has 6 nitrogen and oxygen atoms in total. The maximum atomic E-state index is 12.7. The van der Waals surface area contributed by atoms with Gasteiger partial charge in [0.25, 0.3) is 5.91 Å². The van der Waals surface area contributed by atoms with E-state index < -0.39 is 0 Å². The van der Waals surface area contributed by atoms with Crippen LogP contribution in [0.25, 0.3) is 22.2 Å². The second-order valence-electron chi connectivity index (χ2n) is 6.55. The van der Waals surface area contributed by atoms with Crippen LogP contribution in [0.5, 0.6) is 0 Å². The normalized spacial score (nSPS) is 10.9. The Hall–Kier alpha value is -3.67. The smallest absolute Gasteiger partial charge is 0.252 e. The van der Waals surface area contributed by atoms with Crippen LogP contribution in [0.2, 0.25) is 0 Å². The topological polar surface area (TPSA) is 88.0 Å². The predicted molar refractivity (Wildman–Crippen MR) is 106 cm³/mol. The summed E-state index contributed by atoms with van der Waals surface area (Å²) in [7, 11) is 0. The van der Waals surface area contributed by atoms with Crippen LogP contribution in [0.15, 0.2) is 65.7 Å². The first-order chi connectivity index (χ1) is 13.6. The van der Waals surface area contributed by atoms with Gasteiger partial charge in [0, 0.05) is 34.8 Å². The molecule has 0 radical (unpaired) electrons. The van der Waals surface area contributed by atoms with E-state index in [0.717, 1.165) is 16.5 Å². The molecule has 2 aromatic carbocycles. The molecule has 6 heteroatoms. The standard InChI is InChI=1S/C22H19N3O3/c1-14(26)15-6-7-20-19(10-15)16(11-25-20)8-9-24-22(27)18-5-3-2-4-17(18)21-12-23-13-28-21/h2-7,10-13,25H,8-9H2,1H3,(H,24,27). The zero-order chi connectivity index (χ0) is 19.5. The molecule has 0 aliphatic heterocycles. The lowest BCUT2D eigenvalue weighted by atomic mass is 10.0. The van der Waals surface area contributed by atoms with Crippen molar-refractivity contribution in [1.82, 2.24) is 15.3 Å². The summed E-state index contributed by atoms with van der Waals surface area (Å²) in [6.45, 7) is 2.03. The van der Waals surface area contributed by atoms with Crippen molar-refractivity contribution in [1.29, 1.82) is 0 Å². The Labute approximate surface area is 161 Å². The largest absolute Gasteiger partial charge is 0.443 e. The van der Waals surface area contributed by atoms with Crippen LogP contribution < -0.4 is 5.32 Å². The third kappa shape index (κ3) is 3.44. The van der Waals surface area contributed by atoms with Crippen LogP contribution in [0.1, 0.15) is 33.2 Å². The zero-order valence-corrected chi connectivity index (χ0v) is 15.4. The zero-order valence-electron chi connectivity index (χ0n) is 15.4. The van der Waals surface area contributed by atoms with Gasteiger partial charge < -0.3 is 14.7 Å². The van der Waals surface area contributed by atoms with Crippen molar-refractivity contribution in [3.05, 3.63) is 77.9 Å². The number of rotatable bonds is 6. The number of fused-ring (bicyclic) bond motifs is 1. The fraction of sp³-hybridized carbons (Fsp3) is 0.136. The van der Waals surface area contributed by atoms with Gasteiger partial charge in [0.1, 0.15) is 0 Å². The number of ketones is 1. The molecule has 0 unspecified atom stereocenters. The molecular weight excluding hydrogens is 354 g/mol. The molecule has 0 fully saturated rings. The monoisotopic (exact) mass is 373 g/mol. The lowest BCUT2D eigenvalue weighted by Crippen LogP contribution is -2.26. The van der Waals surface area contributed by atoms with E-state index in [1.54, 1.807) is 19.2 Å². The highest BCUT2D eigenvalue weighted by Gasteiger charge is 2.14. The summed E-state index contributed by atoms with van der Waals surface area (Å²) < 4.78 is 5.33. The number of hydrogen-bond donors (Lipinski definition) is 2. The highest BCUT2D eigenvalue weighted by atomic mass is 16.3. The van der Waals surface area contributed by atoms with Crippen molar-refractivity contribution in [3.8, 4) is 11.3 Å². The van der Waals surface area contributed by atoms with Gasteiger partial charge in [-0.1, -0.05) is 18.2 Å². The number of hydrogen-bond acceptors (Lipinski definition) is 4. The van der Waals surface area contributed by atoms with Gasteiger partial charge in [-0.15, -0.1) is 0 Å². The third-order valence-electron chi connectivity index (χ3n) is 4.72. The number of carbonyl (C=O) groups is 2. The summed E-state index contributed by atoms with van der Waals surface area (Å²) in [6, 6.07) is 12.9. The highest BCUT2D eigenvalue weighted by molar-refractivity contribution is 6.00. The quantitative estimate of drug-likeness (QED) is 0.500. The first-order valence-electron chi connectivity index (χ1n) is 9.00. The molecule has 0 bridgehead atoms. The van der Waals surface area contributed by atoms with Gasteiger partial charge in [-0.25, -0.2) is 4.98 Å². The van der Waals surface area contributed by atoms with Gasteiger partial charge in [0.15, 0.2) is 17.9 Å². The van der Waals surface area contributed by atoms with Gasteiger partial charge in [-0.3, -0.25) is 9.59 Å². The molecule has 0 saturated heterocycles. The second-order valence-corrected chi connectivity index (χ2v) is 6.55. The molecule has 4 rings (SSSR count). The van der Waals surface area contributed by atoms with Gasteiger partial charge >= 0.3 is 0 Å². The predicted octanol–water partition coefficient (Wildman–Crippen LogP) is 4.00. The van der Waals surface area contributed by atoms with Gasteiger partial charge in [0.2, 0.25) is 0 Å². The molecule has 2 N–H and O–H groups in total. The van der Waals surface area contributed by atoms with E-state index in [1.807, 2.05) is 42.6 Å². The van der Waals surface area contributed by atoms with Gasteiger partial charge in [0.05, 0.1) is 11.8 Å². The lowest BCUT2D eigenvalue weighted by Gasteiger charge is -2.08. The summed E-state index contributed by atoms with van der Waals surface area (Å²) in [4.78, 5) is 31.4. The molecule has 0 aliphatic rings. The van der Waals surface area contributed by atoms with Gasteiger partial charge in [-0.2, -0.15) is 0 Å². The van der Waals surface area contributed by atoms with Crippen molar-refractivity contribution in [2.24, 2.45) is 0 Å². The number of Topliss-reactive ketones (excluding diaryl/α,β-unsaturated/α-hetero) is 1. The maximum Gasteiger partial charge on any atom is 0.252 e. The van der Waals surface area contributed by atoms with E-state index in [1.165, 1.54) is 6.39 Å². The molecule has 140 valence electrons. The Bertz CT molecular complexity index is 1140. The first-order valence-corrected chi connectivity index (χ1v) is 9.00. The fourth-order valence-corrected chi connectivity index (χ4v) is 3.25. The molecule has 2 aromatic heterocycles. The summed E-state index contributed by atoms with van der Waals surface area (Å²) in [5.41, 5.74) is 3.95. The number of oxazole rings is 1. The Morgan fingerprint density at radius 2 is 2.04 bits per heavy atom. The Morgan fingerprint density at radius 3 is 2.82 bits per heavy atom. The third-order valence-corrected chi connectivity index (χ3v) is 4.72. The number of nitrogens with one attached hydrogen (secondary N) is 2. The molecule has 28 heavy (non-hydrogen) atoms. The second kappa shape index (κ2) is 7.52. The molecular formula is C22H19N3O3. The van der Waals surface area contributed by atoms with E-state index in [2.05, 4.69) is 15.3 Å². The SMILES string of the molecule is CC(=O)c1ccc2[nH]cc(CCNC(=O)c3ccccc3-c3cnco3)c2c1. The number of aromatic nitrogens is 2. The molecule has 0 spiro atoms. The summed E-state index contributed by atoms with van der Waals surface area (Å²) in [5, 5.41) is 3.96. The molecule has 0 saturated carbocycles. The maximum absolute atomic E-state index is 12.7. The lowest BCUT2D eigenvalue weighted by molar-refractivity contribution is 0.0953. The van der Waals surface area contributed by atoms with Crippen molar-refractivity contribution >= 4 is 22.6 Å². The minimum absolute atomic E-state index is 0.0337. The molecule has 1 amide bonds. The van der Waals surface area contributed by atoms with Crippen LogP contribution in [-0.4, -0.2) is 28.2 Å². The molecule has 0 aliphatic carbocycles. The summed E-state index contributed by atoms with van der Waals surface area (Å²) >= 11 is 0. The van der Waals surface area contributed by atoms with Crippen molar-refractivity contribution in [2.45, 2.75) is 13.3 Å². The van der Waals surface area contributed by atoms with E-state index in [9.17, 15) is 9.59 Å². The number of carbonyl (C=O) groups excluding carboxylic acids is 2. The van der Waals surface area contributed by atoms with Gasteiger partial charge in [-0.05, 0) is 43.2 Å². The summed E-state index contributed by atoms with van der Waals surface area (Å²) in [6.07, 6.45) is 5.50. The number of H-pyrrole nitrogens is 1. The number of benzene rings is 2. The minimum atomic E-state index is -0.170. The molecule has 2 heterocycles. The summed E-state index contributed by atoms with van der Waals surface area (Å²) in [5.74, 6) is 0.418. The van der Waals surface area contributed by atoms with Crippen LogP contribution in [0.4, 0.5) is 0 Å².